The average molecular weight is 741 g/mol. The first kappa shape index (κ1) is 41.4. The fourth-order valence-electron chi connectivity index (χ4n) is 6.61. The molecule has 3 aromatic carbocycles. The highest BCUT2D eigenvalue weighted by Gasteiger charge is 2.31. The number of halogens is 1. The van der Waals surface area contributed by atoms with E-state index in [4.69, 9.17) is 11.5 Å². The fourth-order valence-corrected chi connectivity index (χ4v) is 6.61. The van der Waals surface area contributed by atoms with Crippen molar-refractivity contribution in [3.05, 3.63) is 102 Å². The van der Waals surface area contributed by atoms with Crippen LogP contribution in [-0.2, 0) is 16.1 Å². The number of Topliss-reactive ketones (excluding diaryl/α,β-unsaturated/α-hetero) is 1. The topological polar surface area (TPSA) is 185 Å². The van der Waals surface area contributed by atoms with Gasteiger partial charge in [0, 0.05) is 36.5 Å². The van der Waals surface area contributed by atoms with Crippen LogP contribution in [0.5, 0.6) is 0 Å². The number of aliphatic hydroxyl groups is 2. The first-order chi connectivity index (χ1) is 25.8. The standard InChI is InChI=1S/C42H53FN6O5/c1-27(2)39-38(41(54)48-32-15-9-5-10-16-32)37(29-13-7-4-8-14-29)40(30-18-20-31(43)21-19-30)49(39)24-22-33(50)25-34(51)26-36(53)47-28(3)35(52)17-11-6-12-23-46-42(44)45/h4-5,7-10,13-16,18-21,27-28,33-34,50-51H,6,11-12,17,22-26H2,1-3H3,(H,47,53)(H,48,54)(H4,44,45,46)/t28-,33+,34+/m0/s1. The molecule has 0 aliphatic rings. The molecule has 0 bridgehead atoms. The SMILES string of the molecule is CC(C)c1c(C(=O)Nc2ccccc2)c(-c2ccccc2)c(-c2ccc(F)cc2)n1CC[C@@H](O)C[C@@H](O)CC(=O)N[C@@H](C)C(=O)CCCCCN=C(N)N. The maximum Gasteiger partial charge on any atom is 0.258 e. The Balaban J connectivity index is 1.52. The van der Waals surface area contributed by atoms with Crippen molar-refractivity contribution in [2.45, 2.75) is 96.4 Å². The molecule has 4 aromatic rings. The highest BCUT2D eigenvalue weighted by molar-refractivity contribution is 6.12. The van der Waals surface area contributed by atoms with Crippen LogP contribution in [0.25, 0.3) is 22.4 Å². The summed E-state index contributed by atoms with van der Waals surface area (Å²) in [5.74, 6) is -1.41. The lowest BCUT2D eigenvalue weighted by molar-refractivity contribution is -0.128. The molecule has 2 amide bonds. The highest BCUT2D eigenvalue weighted by Crippen LogP contribution is 2.42. The van der Waals surface area contributed by atoms with Crippen LogP contribution < -0.4 is 22.1 Å². The number of nitrogens with two attached hydrogens (primary N) is 2. The van der Waals surface area contributed by atoms with Crippen LogP contribution in [0.2, 0.25) is 0 Å². The number of hydrogen-bond donors (Lipinski definition) is 6. The number of rotatable bonds is 20. The van der Waals surface area contributed by atoms with Crippen LogP contribution in [0.3, 0.4) is 0 Å². The van der Waals surface area contributed by atoms with Gasteiger partial charge in [-0.2, -0.15) is 0 Å². The van der Waals surface area contributed by atoms with Crippen molar-refractivity contribution in [1.82, 2.24) is 9.88 Å². The molecular weight excluding hydrogens is 687 g/mol. The molecule has 0 spiro atoms. The normalized spacial score (nSPS) is 12.9. The molecule has 0 radical (unpaired) electrons. The smallest absolute Gasteiger partial charge is 0.258 e. The van der Waals surface area contributed by atoms with Gasteiger partial charge in [-0.15, -0.1) is 0 Å². The predicted molar refractivity (Wildman–Crippen MR) is 211 cm³/mol. The van der Waals surface area contributed by atoms with Gasteiger partial charge in [0.2, 0.25) is 5.91 Å². The van der Waals surface area contributed by atoms with Crippen molar-refractivity contribution in [2.24, 2.45) is 16.5 Å². The third kappa shape index (κ3) is 11.8. The Hall–Kier alpha value is -5.33. The van der Waals surface area contributed by atoms with E-state index in [-0.39, 0.29) is 49.4 Å². The lowest BCUT2D eigenvalue weighted by Crippen LogP contribution is -2.40. The predicted octanol–water partition coefficient (Wildman–Crippen LogP) is 6.14. The molecule has 0 fully saturated rings. The number of para-hydroxylation sites is 1. The van der Waals surface area contributed by atoms with Gasteiger partial charge in [0.25, 0.3) is 5.91 Å². The summed E-state index contributed by atoms with van der Waals surface area (Å²) in [7, 11) is 0. The van der Waals surface area contributed by atoms with E-state index in [1.807, 2.05) is 79.1 Å². The third-order valence-corrected chi connectivity index (χ3v) is 9.18. The van der Waals surface area contributed by atoms with Gasteiger partial charge >= 0.3 is 0 Å². The van der Waals surface area contributed by atoms with E-state index >= 15 is 0 Å². The number of anilines is 1. The van der Waals surface area contributed by atoms with Gasteiger partial charge in [-0.05, 0) is 86.1 Å². The minimum atomic E-state index is -1.16. The van der Waals surface area contributed by atoms with E-state index in [2.05, 4.69) is 15.6 Å². The summed E-state index contributed by atoms with van der Waals surface area (Å²) in [5.41, 5.74) is 15.3. The number of amides is 2. The minimum absolute atomic E-state index is 0.0333. The molecule has 1 heterocycles. The maximum atomic E-state index is 14.3. The fraction of sp³-hybridized carbons (Fsp3) is 0.381. The maximum absolute atomic E-state index is 14.3. The van der Waals surface area contributed by atoms with E-state index in [0.29, 0.717) is 47.5 Å². The van der Waals surface area contributed by atoms with Crippen molar-refractivity contribution >= 4 is 29.2 Å². The van der Waals surface area contributed by atoms with Crippen LogP contribution in [0, 0.1) is 5.82 Å². The second-order valence-corrected chi connectivity index (χ2v) is 13.9. The lowest BCUT2D eigenvalue weighted by Gasteiger charge is -2.21. The van der Waals surface area contributed by atoms with Crippen molar-refractivity contribution in [3.8, 4) is 22.4 Å². The molecule has 288 valence electrons. The summed E-state index contributed by atoms with van der Waals surface area (Å²) in [4.78, 5) is 43.4. The first-order valence-electron chi connectivity index (χ1n) is 18.5. The molecule has 3 atom stereocenters. The largest absolute Gasteiger partial charge is 0.393 e. The minimum Gasteiger partial charge on any atom is -0.393 e. The molecule has 0 saturated carbocycles. The van der Waals surface area contributed by atoms with E-state index in [1.165, 1.54) is 12.1 Å². The molecule has 8 N–H and O–H groups in total. The van der Waals surface area contributed by atoms with Crippen LogP contribution >= 0.6 is 0 Å². The number of carbonyl (C=O) groups excluding carboxylic acids is 3. The Bertz CT molecular complexity index is 1860. The van der Waals surface area contributed by atoms with Crippen LogP contribution in [-0.4, -0.2) is 63.1 Å². The number of aliphatic hydroxyl groups excluding tert-OH is 2. The Morgan fingerprint density at radius 3 is 2.11 bits per heavy atom. The van der Waals surface area contributed by atoms with Crippen LogP contribution in [0.1, 0.15) is 87.7 Å². The Morgan fingerprint density at radius 2 is 1.48 bits per heavy atom. The van der Waals surface area contributed by atoms with Crippen LogP contribution in [0.4, 0.5) is 10.1 Å². The summed E-state index contributed by atoms with van der Waals surface area (Å²) < 4.78 is 16.2. The quantitative estimate of drug-likeness (QED) is 0.0357. The number of benzene rings is 3. The number of nitrogens with zero attached hydrogens (tertiary/aromatic N) is 2. The Kier molecular flexibility index (Phi) is 15.5. The summed E-state index contributed by atoms with van der Waals surface area (Å²) in [6, 6.07) is 24.1. The monoisotopic (exact) mass is 740 g/mol. The number of aromatic nitrogens is 1. The number of nitrogens with one attached hydrogen (secondary N) is 2. The van der Waals surface area contributed by atoms with E-state index in [1.54, 1.807) is 19.1 Å². The van der Waals surface area contributed by atoms with Crippen molar-refractivity contribution in [2.75, 3.05) is 11.9 Å². The zero-order chi connectivity index (χ0) is 39.2. The Labute approximate surface area is 316 Å². The van der Waals surface area contributed by atoms with Gasteiger partial charge in [0.1, 0.15) is 5.82 Å². The zero-order valence-electron chi connectivity index (χ0n) is 31.3. The Morgan fingerprint density at radius 1 is 0.833 bits per heavy atom. The number of unbranched alkanes of at least 4 members (excludes halogenated alkanes) is 2. The molecule has 12 heteroatoms. The van der Waals surface area contributed by atoms with Gasteiger partial charge < -0.3 is 36.9 Å². The second kappa shape index (κ2) is 20.2. The van der Waals surface area contributed by atoms with Crippen molar-refractivity contribution in [1.29, 1.82) is 0 Å². The average Bonchev–Trinajstić information content (AvgIpc) is 3.48. The van der Waals surface area contributed by atoms with Gasteiger partial charge in [0.15, 0.2) is 11.7 Å². The van der Waals surface area contributed by atoms with Gasteiger partial charge in [-0.1, -0.05) is 68.8 Å². The lowest BCUT2D eigenvalue weighted by atomic mass is 9.94. The van der Waals surface area contributed by atoms with E-state index in [0.717, 1.165) is 24.1 Å². The zero-order valence-corrected chi connectivity index (χ0v) is 31.3. The molecular formula is C42H53FN6O5. The second-order valence-electron chi connectivity index (χ2n) is 13.9. The first-order valence-corrected chi connectivity index (χ1v) is 18.5. The number of guanidine groups is 1. The van der Waals surface area contributed by atoms with Crippen LogP contribution in [0.15, 0.2) is 89.9 Å². The van der Waals surface area contributed by atoms with E-state index in [9.17, 15) is 29.0 Å². The number of carbonyl (C=O) groups is 3. The molecule has 1 aromatic heterocycles. The van der Waals surface area contributed by atoms with Crippen molar-refractivity contribution < 1.29 is 29.0 Å². The molecule has 0 saturated heterocycles. The molecule has 0 aliphatic carbocycles. The van der Waals surface area contributed by atoms with Gasteiger partial charge in [-0.3, -0.25) is 19.4 Å². The number of aliphatic imine (C=N–C) groups is 1. The number of ketones is 1. The molecule has 0 aliphatic heterocycles. The van der Waals surface area contributed by atoms with Gasteiger partial charge in [-0.25, -0.2) is 4.39 Å². The molecule has 54 heavy (non-hydrogen) atoms. The van der Waals surface area contributed by atoms with E-state index < -0.39 is 30.0 Å². The molecule has 4 rings (SSSR count). The number of hydrogen-bond acceptors (Lipinski definition) is 6. The third-order valence-electron chi connectivity index (χ3n) is 9.18. The summed E-state index contributed by atoms with van der Waals surface area (Å²) in [5, 5.41) is 27.7. The van der Waals surface area contributed by atoms with Crippen molar-refractivity contribution in [3.63, 3.8) is 0 Å². The molecule has 0 unspecified atom stereocenters. The summed E-state index contributed by atoms with van der Waals surface area (Å²) in [6.45, 7) is 6.35. The van der Waals surface area contributed by atoms with Gasteiger partial charge in [0.05, 0.1) is 35.9 Å². The summed E-state index contributed by atoms with van der Waals surface area (Å²) in [6.07, 6.45) is 0.115. The molecule has 11 nitrogen and oxygen atoms in total. The highest BCUT2D eigenvalue weighted by atomic mass is 19.1. The summed E-state index contributed by atoms with van der Waals surface area (Å²) >= 11 is 0.